The van der Waals surface area contributed by atoms with Crippen molar-refractivity contribution in [2.75, 3.05) is 13.1 Å². The predicted octanol–water partition coefficient (Wildman–Crippen LogP) is 3.30. The maximum atomic E-state index is 5.43. The largest absolute Gasteiger partial charge is 0.357 e. The number of rotatable bonds is 8. The van der Waals surface area contributed by atoms with E-state index < -0.39 is 0 Å². The van der Waals surface area contributed by atoms with Crippen LogP contribution in [-0.2, 0) is 13.1 Å². The molecule has 0 aliphatic carbocycles. The molecule has 7 nitrogen and oxygen atoms in total. The van der Waals surface area contributed by atoms with Gasteiger partial charge in [0.25, 0.3) is 0 Å². The van der Waals surface area contributed by atoms with E-state index in [1.54, 1.807) is 0 Å². The van der Waals surface area contributed by atoms with Gasteiger partial charge in [0.1, 0.15) is 5.69 Å². The van der Waals surface area contributed by atoms with Gasteiger partial charge >= 0.3 is 0 Å². The van der Waals surface area contributed by atoms with Crippen LogP contribution in [0.2, 0.25) is 0 Å². The third kappa shape index (κ3) is 5.45. The summed E-state index contributed by atoms with van der Waals surface area (Å²) in [5.41, 5.74) is 4.07. The van der Waals surface area contributed by atoms with Gasteiger partial charge in [0.2, 0.25) is 0 Å². The van der Waals surface area contributed by atoms with Crippen LogP contribution in [0.15, 0.2) is 52.0 Å². The van der Waals surface area contributed by atoms with Gasteiger partial charge < -0.3 is 15.2 Å². The molecule has 0 saturated heterocycles. The van der Waals surface area contributed by atoms with Gasteiger partial charge in [0, 0.05) is 37.0 Å². The molecule has 0 atom stereocenters. The van der Waals surface area contributed by atoms with Crippen molar-refractivity contribution in [2.45, 2.75) is 40.3 Å². The van der Waals surface area contributed by atoms with Crippen LogP contribution in [0.1, 0.15) is 30.4 Å². The van der Waals surface area contributed by atoms with Crippen LogP contribution in [0.5, 0.6) is 0 Å². The van der Waals surface area contributed by atoms with Crippen molar-refractivity contribution in [3.63, 3.8) is 0 Å². The number of aliphatic imine (C=N–C) groups is 1. The average molecular weight is 380 g/mol. The second-order valence-electron chi connectivity index (χ2n) is 6.67. The molecule has 0 aliphatic heterocycles. The molecule has 148 valence electrons. The Bertz CT molecular complexity index is 897. The van der Waals surface area contributed by atoms with Crippen molar-refractivity contribution in [1.82, 2.24) is 25.6 Å². The molecule has 28 heavy (non-hydrogen) atoms. The van der Waals surface area contributed by atoms with Crippen molar-refractivity contribution < 1.29 is 4.52 Å². The first kappa shape index (κ1) is 19.7. The number of nitrogens with one attached hydrogen (secondary N) is 2. The van der Waals surface area contributed by atoms with E-state index in [2.05, 4.69) is 45.8 Å². The summed E-state index contributed by atoms with van der Waals surface area (Å²) >= 11 is 0. The fraction of sp³-hybridized carbons (Fsp3) is 0.381. The van der Waals surface area contributed by atoms with Gasteiger partial charge in [-0.3, -0.25) is 4.68 Å². The van der Waals surface area contributed by atoms with Gasteiger partial charge in [0.05, 0.1) is 12.2 Å². The molecule has 0 radical (unpaired) electrons. The van der Waals surface area contributed by atoms with Gasteiger partial charge in [-0.05, 0) is 33.3 Å². The summed E-state index contributed by atoms with van der Waals surface area (Å²) in [4.78, 5) is 4.61. The zero-order valence-corrected chi connectivity index (χ0v) is 16.8. The Morgan fingerprint density at radius 3 is 2.68 bits per heavy atom. The number of hydrogen-bond acceptors (Lipinski definition) is 4. The lowest BCUT2D eigenvalue weighted by atomic mass is 10.2. The first-order chi connectivity index (χ1) is 13.7. The molecular weight excluding hydrogens is 352 g/mol. The van der Waals surface area contributed by atoms with E-state index in [1.807, 2.05) is 48.0 Å². The highest BCUT2D eigenvalue weighted by Crippen LogP contribution is 2.19. The molecule has 7 heteroatoms. The Labute approximate surface area is 165 Å². The minimum Gasteiger partial charge on any atom is -0.357 e. The fourth-order valence-corrected chi connectivity index (χ4v) is 2.96. The normalized spacial score (nSPS) is 11.6. The van der Waals surface area contributed by atoms with Crippen LogP contribution in [0.4, 0.5) is 0 Å². The summed E-state index contributed by atoms with van der Waals surface area (Å²) in [6.45, 7) is 9.12. The van der Waals surface area contributed by atoms with Crippen molar-refractivity contribution in [2.24, 2.45) is 4.99 Å². The lowest BCUT2D eigenvalue weighted by Gasteiger charge is -2.11. The molecule has 2 heterocycles. The Morgan fingerprint density at radius 1 is 1.14 bits per heavy atom. The summed E-state index contributed by atoms with van der Waals surface area (Å²) in [5.74, 6) is 1.54. The topological polar surface area (TPSA) is 80.3 Å². The highest BCUT2D eigenvalue weighted by atomic mass is 16.5. The molecule has 0 aliphatic rings. The second kappa shape index (κ2) is 9.73. The minimum absolute atomic E-state index is 0.461. The molecule has 0 saturated carbocycles. The summed E-state index contributed by atoms with van der Waals surface area (Å²) < 4.78 is 7.48. The van der Waals surface area contributed by atoms with E-state index in [4.69, 9.17) is 4.52 Å². The Kier molecular flexibility index (Phi) is 6.84. The fourth-order valence-electron chi connectivity index (χ4n) is 2.96. The number of nitrogens with zero attached hydrogens (tertiary/aromatic N) is 4. The van der Waals surface area contributed by atoms with Crippen LogP contribution in [0.3, 0.4) is 0 Å². The number of benzene rings is 1. The Balaban J connectivity index is 1.51. The van der Waals surface area contributed by atoms with Crippen LogP contribution < -0.4 is 10.6 Å². The van der Waals surface area contributed by atoms with E-state index in [-0.39, 0.29) is 0 Å². The summed E-state index contributed by atoms with van der Waals surface area (Å²) in [6.07, 6.45) is 0.967. The maximum Gasteiger partial charge on any atom is 0.191 e. The van der Waals surface area contributed by atoms with Crippen molar-refractivity contribution in [1.29, 1.82) is 0 Å². The summed E-state index contributed by atoms with van der Waals surface area (Å²) in [5, 5.41) is 15.2. The van der Waals surface area contributed by atoms with Crippen LogP contribution in [0.25, 0.3) is 11.3 Å². The van der Waals surface area contributed by atoms with Gasteiger partial charge in [-0.1, -0.05) is 35.5 Å². The van der Waals surface area contributed by atoms with Crippen molar-refractivity contribution in [3.05, 3.63) is 59.5 Å². The van der Waals surface area contributed by atoms with E-state index in [0.717, 1.165) is 54.7 Å². The van der Waals surface area contributed by atoms with E-state index in [1.165, 1.54) is 5.69 Å². The molecule has 3 aromatic rings. The van der Waals surface area contributed by atoms with Gasteiger partial charge in [-0.2, -0.15) is 5.10 Å². The summed E-state index contributed by atoms with van der Waals surface area (Å²) in [7, 11) is 0. The SMILES string of the molecule is CCNC(=NCc1cc(-c2ccccc2)on1)NCCCn1nc(C)cc1C. The molecule has 0 unspecified atom stereocenters. The van der Waals surface area contributed by atoms with Gasteiger partial charge in [-0.15, -0.1) is 0 Å². The Hall–Kier alpha value is -3.09. The second-order valence-corrected chi connectivity index (χ2v) is 6.67. The predicted molar refractivity (Wildman–Crippen MR) is 111 cm³/mol. The standard InChI is InChI=1S/C21H28N6O/c1-4-22-21(23-11-8-12-27-17(3)13-16(2)25-27)24-15-19-14-20(28-26-19)18-9-6-5-7-10-18/h5-7,9-10,13-14H,4,8,11-12,15H2,1-3H3,(H2,22,23,24). The van der Waals surface area contributed by atoms with E-state index in [9.17, 15) is 0 Å². The van der Waals surface area contributed by atoms with Crippen LogP contribution >= 0.6 is 0 Å². The number of hydrogen-bond donors (Lipinski definition) is 2. The van der Waals surface area contributed by atoms with Gasteiger partial charge in [0.15, 0.2) is 11.7 Å². The quantitative estimate of drug-likeness (QED) is 0.356. The third-order valence-electron chi connectivity index (χ3n) is 4.30. The molecule has 0 spiro atoms. The molecule has 2 N–H and O–H groups in total. The smallest absolute Gasteiger partial charge is 0.191 e. The zero-order chi connectivity index (χ0) is 19.8. The molecular formula is C21H28N6O. The average Bonchev–Trinajstić information content (AvgIpc) is 3.30. The molecule has 0 bridgehead atoms. The van der Waals surface area contributed by atoms with Crippen LogP contribution in [0, 0.1) is 13.8 Å². The monoisotopic (exact) mass is 380 g/mol. The van der Waals surface area contributed by atoms with Crippen molar-refractivity contribution in [3.8, 4) is 11.3 Å². The molecule has 3 rings (SSSR count). The highest BCUT2D eigenvalue weighted by molar-refractivity contribution is 5.79. The third-order valence-corrected chi connectivity index (χ3v) is 4.30. The van der Waals surface area contributed by atoms with Crippen molar-refractivity contribution >= 4 is 5.96 Å². The first-order valence-electron chi connectivity index (χ1n) is 9.70. The summed E-state index contributed by atoms with van der Waals surface area (Å²) in [6, 6.07) is 14.0. The highest BCUT2D eigenvalue weighted by Gasteiger charge is 2.06. The van der Waals surface area contributed by atoms with E-state index in [0.29, 0.717) is 6.54 Å². The lowest BCUT2D eigenvalue weighted by molar-refractivity contribution is 0.424. The first-order valence-corrected chi connectivity index (χ1v) is 9.70. The Morgan fingerprint density at radius 2 is 1.96 bits per heavy atom. The molecule has 2 aromatic heterocycles. The van der Waals surface area contributed by atoms with E-state index >= 15 is 0 Å². The lowest BCUT2D eigenvalue weighted by Crippen LogP contribution is -2.38. The zero-order valence-electron chi connectivity index (χ0n) is 16.8. The molecule has 0 fully saturated rings. The molecule has 1 aromatic carbocycles. The number of guanidine groups is 1. The maximum absolute atomic E-state index is 5.43. The number of aryl methyl sites for hydroxylation is 3. The molecule has 0 amide bonds. The number of aromatic nitrogens is 3. The van der Waals surface area contributed by atoms with Crippen LogP contribution in [-0.4, -0.2) is 34.0 Å². The van der Waals surface area contributed by atoms with Gasteiger partial charge in [-0.25, -0.2) is 4.99 Å². The minimum atomic E-state index is 0.461.